The number of fused-ring (bicyclic) bond motifs is 1. The molecule has 0 saturated carbocycles. The van der Waals surface area contributed by atoms with Gasteiger partial charge in [0.2, 0.25) is 5.91 Å². The summed E-state index contributed by atoms with van der Waals surface area (Å²) < 4.78 is 4.92. The van der Waals surface area contributed by atoms with Crippen LogP contribution in [0.25, 0.3) is 11.3 Å². The lowest BCUT2D eigenvalue weighted by molar-refractivity contribution is -0.148. The minimum Gasteiger partial charge on any atom is -0.360 e. The summed E-state index contributed by atoms with van der Waals surface area (Å²) in [5.74, 6) is 0.0981. The third-order valence-corrected chi connectivity index (χ3v) is 7.84. The summed E-state index contributed by atoms with van der Waals surface area (Å²) in [6, 6.07) is 3.95. The normalized spacial score (nSPS) is 23.7. The highest BCUT2D eigenvalue weighted by Gasteiger charge is 2.63. The van der Waals surface area contributed by atoms with E-state index in [-0.39, 0.29) is 33.3 Å². The van der Waals surface area contributed by atoms with Gasteiger partial charge in [-0.2, -0.15) is 0 Å². The van der Waals surface area contributed by atoms with Crippen LogP contribution in [0.3, 0.4) is 0 Å². The van der Waals surface area contributed by atoms with Crippen LogP contribution in [0.15, 0.2) is 22.7 Å². The predicted octanol–water partition coefficient (Wildman–Crippen LogP) is 3.00. The number of tetrazole rings is 1. The van der Waals surface area contributed by atoms with E-state index < -0.39 is 11.9 Å². The van der Waals surface area contributed by atoms with Gasteiger partial charge in [0, 0.05) is 10.3 Å². The molecule has 4 heterocycles. The van der Waals surface area contributed by atoms with Crippen molar-refractivity contribution >= 4 is 46.8 Å². The third-order valence-electron chi connectivity index (χ3n) is 5.64. The molecule has 13 heteroatoms. The van der Waals surface area contributed by atoms with Crippen LogP contribution < -0.4 is 5.32 Å². The number of aryl methyl sites for hydroxylation is 1. The number of carbonyl (C=O) groups is 2. The van der Waals surface area contributed by atoms with Crippen LogP contribution in [0.2, 0.25) is 10.0 Å². The molecule has 3 atom stereocenters. The van der Waals surface area contributed by atoms with Crippen molar-refractivity contribution in [2.75, 3.05) is 0 Å². The SMILES string of the molecule is Cc1onc(-c2c(Cl)cccc2Cl)c1C(=O)NC1C(=O)N2C1SC(C)(C)C2c1nnn[nH]1. The molecule has 2 saturated heterocycles. The van der Waals surface area contributed by atoms with E-state index in [1.165, 1.54) is 0 Å². The van der Waals surface area contributed by atoms with Gasteiger partial charge in [0.25, 0.3) is 5.91 Å². The maximum absolute atomic E-state index is 13.2. The number of hydrogen-bond acceptors (Lipinski definition) is 8. The number of nitrogens with zero attached hydrogens (tertiary/aromatic N) is 5. The molecule has 2 aliphatic rings. The Hall–Kier alpha value is -2.63. The molecular weight excluding hydrogens is 477 g/mol. The first-order valence-electron chi connectivity index (χ1n) is 9.66. The first kappa shape index (κ1) is 21.2. The summed E-state index contributed by atoms with van der Waals surface area (Å²) >= 11 is 14.2. The highest BCUT2D eigenvalue weighted by Crippen LogP contribution is 2.56. The Labute approximate surface area is 196 Å². The van der Waals surface area contributed by atoms with E-state index >= 15 is 0 Å². The van der Waals surface area contributed by atoms with Gasteiger partial charge in [0.15, 0.2) is 5.82 Å². The van der Waals surface area contributed by atoms with Crippen LogP contribution in [-0.2, 0) is 4.79 Å². The quantitative estimate of drug-likeness (QED) is 0.530. The molecule has 2 aliphatic heterocycles. The summed E-state index contributed by atoms with van der Waals surface area (Å²) in [5.41, 5.74) is 0.808. The van der Waals surface area contributed by atoms with Crippen LogP contribution >= 0.6 is 35.0 Å². The van der Waals surface area contributed by atoms with Crippen molar-refractivity contribution in [2.45, 2.75) is 43.0 Å². The fourth-order valence-corrected chi connectivity index (χ4v) is 6.43. The first-order valence-corrected chi connectivity index (χ1v) is 11.3. The summed E-state index contributed by atoms with van der Waals surface area (Å²) in [7, 11) is 0. The number of aromatic nitrogens is 5. The van der Waals surface area contributed by atoms with Gasteiger partial charge in [-0.1, -0.05) is 34.4 Å². The molecule has 1 aromatic carbocycles. The van der Waals surface area contributed by atoms with Gasteiger partial charge in [-0.3, -0.25) is 9.59 Å². The van der Waals surface area contributed by atoms with Gasteiger partial charge in [-0.05, 0) is 43.3 Å². The van der Waals surface area contributed by atoms with E-state index in [9.17, 15) is 9.59 Å². The fourth-order valence-electron chi connectivity index (χ4n) is 4.22. The van der Waals surface area contributed by atoms with E-state index in [1.54, 1.807) is 41.8 Å². The lowest BCUT2D eigenvalue weighted by Gasteiger charge is -2.44. The largest absolute Gasteiger partial charge is 0.360 e. The van der Waals surface area contributed by atoms with Crippen molar-refractivity contribution in [1.82, 2.24) is 36.0 Å². The second-order valence-corrected chi connectivity index (χ2v) is 10.6. The minimum atomic E-state index is -0.712. The van der Waals surface area contributed by atoms with E-state index in [2.05, 4.69) is 31.1 Å². The minimum absolute atomic E-state index is 0.185. The molecule has 3 aromatic rings. The van der Waals surface area contributed by atoms with E-state index in [0.29, 0.717) is 27.2 Å². The third kappa shape index (κ3) is 3.10. The summed E-state index contributed by atoms with van der Waals surface area (Å²) in [4.78, 5) is 28.0. The number of benzene rings is 1. The highest BCUT2D eigenvalue weighted by molar-refractivity contribution is 8.01. The number of rotatable bonds is 4. The molecule has 2 fully saturated rings. The van der Waals surface area contributed by atoms with Crippen LogP contribution in [-0.4, -0.2) is 58.7 Å². The van der Waals surface area contributed by atoms with Crippen molar-refractivity contribution in [1.29, 1.82) is 0 Å². The number of carbonyl (C=O) groups excluding carboxylic acids is 2. The molecule has 5 rings (SSSR count). The number of aromatic amines is 1. The van der Waals surface area contributed by atoms with Gasteiger partial charge in [0.05, 0.1) is 10.0 Å². The molecule has 0 aliphatic carbocycles. The van der Waals surface area contributed by atoms with Crippen LogP contribution in [0.5, 0.6) is 0 Å². The smallest absolute Gasteiger partial charge is 0.257 e. The lowest BCUT2D eigenvalue weighted by atomic mass is 9.95. The molecule has 2 amide bonds. The maximum atomic E-state index is 13.2. The lowest BCUT2D eigenvalue weighted by Crippen LogP contribution is -2.67. The molecule has 0 bridgehead atoms. The molecule has 3 unspecified atom stereocenters. The summed E-state index contributed by atoms with van der Waals surface area (Å²) in [6.07, 6.45) is 0. The van der Waals surface area contributed by atoms with Gasteiger partial charge in [-0.25, -0.2) is 5.10 Å². The Morgan fingerprint density at radius 2 is 2.03 bits per heavy atom. The Morgan fingerprint density at radius 3 is 2.69 bits per heavy atom. The van der Waals surface area contributed by atoms with Crippen LogP contribution in [0.4, 0.5) is 0 Å². The number of hydrogen-bond donors (Lipinski definition) is 2. The second kappa shape index (κ2) is 7.46. The van der Waals surface area contributed by atoms with Crippen molar-refractivity contribution in [3.05, 3.63) is 45.4 Å². The summed E-state index contributed by atoms with van der Waals surface area (Å²) in [5, 5.41) is 21.2. The standard InChI is InChI=1S/C19H17Cl2N7O3S/c1-7-10(12(25-31-7)11-8(20)5-4-6-9(11)21)16(29)22-13-17(30)28-14(15-23-26-27-24-15)19(2,3)32-18(13)28/h4-6,13-14,18H,1-3H3,(H,22,29)(H,23,24,26,27). The number of nitrogens with one attached hydrogen (secondary N) is 2. The average molecular weight is 494 g/mol. The Bertz CT molecular complexity index is 1210. The van der Waals surface area contributed by atoms with Gasteiger partial charge in [0.1, 0.15) is 34.5 Å². The molecular formula is C19H17Cl2N7O3S. The molecule has 32 heavy (non-hydrogen) atoms. The Kier molecular flexibility index (Phi) is 4.95. The van der Waals surface area contributed by atoms with Crippen LogP contribution in [0, 0.1) is 6.92 Å². The zero-order valence-electron chi connectivity index (χ0n) is 17.1. The Balaban J connectivity index is 1.42. The first-order chi connectivity index (χ1) is 15.2. The molecule has 0 radical (unpaired) electrons. The zero-order valence-corrected chi connectivity index (χ0v) is 19.4. The van der Waals surface area contributed by atoms with E-state index in [4.69, 9.17) is 27.7 Å². The van der Waals surface area contributed by atoms with E-state index in [1.807, 2.05) is 13.8 Å². The highest BCUT2D eigenvalue weighted by atomic mass is 35.5. The molecule has 0 spiro atoms. The zero-order chi connectivity index (χ0) is 22.8. The van der Waals surface area contributed by atoms with Crippen molar-refractivity contribution in [3.8, 4) is 11.3 Å². The van der Waals surface area contributed by atoms with Crippen LogP contribution in [0.1, 0.15) is 41.8 Å². The van der Waals surface area contributed by atoms with Gasteiger partial charge in [-0.15, -0.1) is 16.9 Å². The number of halogens is 2. The average Bonchev–Trinajstić information content (AvgIpc) is 3.43. The second-order valence-electron chi connectivity index (χ2n) is 8.06. The maximum Gasteiger partial charge on any atom is 0.257 e. The van der Waals surface area contributed by atoms with Crippen molar-refractivity contribution < 1.29 is 14.1 Å². The topological polar surface area (TPSA) is 130 Å². The van der Waals surface area contributed by atoms with E-state index in [0.717, 1.165) is 0 Å². The molecule has 2 aromatic heterocycles. The van der Waals surface area contributed by atoms with Gasteiger partial charge >= 0.3 is 0 Å². The number of H-pyrrole nitrogens is 1. The molecule has 2 N–H and O–H groups in total. The fraction of sp³-hybridized carbons (Fsp3) is 0.368. The molecule has 166 valence electrons. The van der Waals surface area contributed by atoms with Crippen molar-refractivity contribution in [3.63, 3.8) is 0 Å². The number of β-lactam (4-membered cyclic amide) rings is 1. The number of amides is 2. The predicted molar refractivity (Wildman–Crippen MR) is 117 cm³/mol. The summed E-state index contributed by atoms with van der Waals surface area (Å²) in [6.45, 7) is 5.64. The number of thioether (sulfide) groups is 1. The monoisotopic (exact) mass is 493 g/mol. The van der Waals surface area contributed by atoms with Crippen molar-refractivity contribution in [2.24, 2.45) is 0 Å². The Morgan fingerprint density at radius 1 is 1.31 bits per heavy atom. The van der Waals surface area contributed by atoms with Gasteiger partial charge < -0.3 is 14.7 Å². The molecule has 10 nitrogen and oxygen atoms in total.